The quantitative estimate of drug-likeness (QED) is 0.805. The van der Waals surface area contributed by atoms with Crippen molar-refractivity contribution >= 4 is 22.9 Å². The van der Waals surface area contributed by atoms with E-state index in [-0.39, 0.29) is 5.75 Å². The molecule has 0 aliphatic heterocycles. The number of halogens is 1. The van der Waals surface area contributed by atoms with Crippen LogP contribution >= 0.6 is 22.9 Å². The number of phenols is 1. The fraction of sp³-hybridized carbons (Fsp3) is 0.357. The van der Waals surface area contributed by atoms with Crippen LogP contribution in [0.3, 0.4) is 0 Å². The summed E-state index contributed by atoms with van der Waals surface area (Å²) in [5.41, 5.74) is 1.78. The third-order valence-electron chi connectivity index (χ3n) is 2.84. The van der Waals surface area contributed by atoms with Crippen LogP contribution in [0.2, 0.25) is 5.02 Å². The minimum absolute atomic E-state index is 0.134. The summed E-state index contributed by atoms with van der Waals surface area (Å²) in [6.07, 6.45) is 0.872. The van der Waals surface area contributed by atoms with Crippen molar-refractivity contribution in [3.63, 3.8) is 0 Å². The van der Waals surface area contributed by atoms with E-state index in [2.05, 4.69) is 10.3 Å². The number of aromatic hydroxyl groups is 1. The van der Waals surface area contributed by atoms with Gasteiger partial charge in [-0.25, -0.2) is 4.98 Å². The molecule has 1 aromatic carbocycles. The molecule has 0 unspecified atom stereocenters. The van der Waals surface area contributed by atoms with Crippen LogP contribution < -0.4 is 10.1 Å². The van der Waals surface area contributed by atoms with Gasteiger partial charge in [0, 0.05) is 47.2 Å². The Morgan fingerprint density at radius 3 is 2.90 bits per heavy atom. The van der Waals surface area contributed by atoms with Gasteiger partial charge in [-0.15, -0.1) is 11.3 Å². The highest BCUT2D eigenvalue weighted by molar-refractivity contribution is 7.09. The Hall–Kier alpha value is -1.30. The summed E-state index contributed by atoms with van der Waals surface area (Å²) >= 11 is 7.65. The topological polar surface area (TPSA) is 54.4 Å². The number of methoxy groups -OCH3 is 1. The SMILES string of the molecule is COc1cc(Cl)cc(CNCCc2nc(C)cs2)c1O. The van der Waals surface area contributed by atoms with Crippen LogP contribution in [0.1, 0.15) is 16.3 Å². The molecule has 6 heteroatoms. The summed E-state index contributed by atoms with van der Waals surface area (Å²) in [5, 5.41) is 17.0. The number of hydrogen-bond acceptors (Lipinski definition) is 5. The van der Waals surface area contributed by atoms with Crippen LogP contribution in [0, 0.1) is 6.92 Å². The van der Waals surface area contributed by atoms with Crippen LogP contribution in [0.5, 0.6) is 11.5 Å². The van der Waals surface area contributed by atoms with Crippen molar-refractivity contribution in [3.8, 4) is 11.5 Å². The lowest BCUT2D eigenvalue weighted by atomic mass is 10.2. The van der Waals surface area contributed by atoms with Gasteiger partial charge in [0.05, 0.1) is 12.1 Å². The molecule has 0 spiro atoms. The highest BCUT2D eigenvalue weighted by Crippen LogP contribution is 2.33. The average Bonchev–Trinajstić information content (AvgIpc) is 2.83. The maximum Gasteiger partial charge on any atom is 0.162 e. The number of nitrogens with one attached hydrogen (secondary N) is 1. The second-order valence-corrected chi connectivity index (χ2v) is 5.80. The molecule has 1 aromatic heterocycles. The van der Waals surface area contributed by atoms with Crippen molar-refractivity contribution in [1.82, 2.24) is 10.3 Å². The van der Waals surface area contributed by atoms with Gasteiger partial charge in [0.25, 0.3) is 0 Å². The predicted octanol–water partition coefficient (Wildman–Crippen LogP) is 3.15. The number of phenolic OH excluding ortho intramolecular Hbond substituents is 1. The zero-order valence-electron chi connectivity index (χ0n) is 11.4. The molecule has 20 heavy (non-hydrogen) atoms. The highest BCUT2D eigenvalue weighted by atomic mass is 35.5. The molecular formula is C14H17ClN2O2S. The maximum atomic E-state index is 10.00. The molecule has 0 fully saturated rings. The molecule has 0 bridgehead atoms. The van der Waals surface area contributed by atoms with E-state index in [1.54, 1.807) is 23.5 Å². The van der Waals surface area contributed by atoms with Crippen LogP contribution in [-0.2, 0) is 13.0 Å². The normalized spacial score (nSPS) is 10.8. The molecule has 4 nitrogen and oxygen atoms in total. The molecule has 0 amide bonds. The van der Waals surface area contributed by atoms with Crippen molar-refractivity contribution < 1.29 is 9.84 Å². The van der Waals surface area contributed by atoms with E-state index in [0.29, 0.717) is 17.3 Å². The first kappa shape index (κ1) is 15.1. The second kappa shape index (κ2) is 6.92. The van der Waals surface area contributed by atoms with Gasteiger partial charge in [-0.1, -0.05) is 11.6 Å². The molecule has 0 saturated carbocycles. The van der Waals surface area contributed by atoms with E-state index in [0.717, 1.165) is 29.2 Å². The highest BCUT2D eigenvalue weighted by Gasteiger charge is 2.09. The smallest absolute Gasteiger partial charge is 0.162 e. The van der Waals surface area contributed by atoms with E-state index in [9.17, 15) is 5.11 Å². The Morgan fingerprint density at radius 2 is 2.25 bits per heavy atom. The van der Waals surface area contributed by atoms with Crippen molar-refractivity contribution in [1.29, 1.82) is 0 Å². The van der Waals surface area contributed by atoms with E-state index in [4.69, 9.17) is 16.3 Å². The molecule has 2 N–H and O–H groups in total. The van der Waals surface area contributed by atoms with Gasteiger partial charge in [-0.2, -0.15) is 0 Å². The maximum absolute atomic E-state index is 10.00. The molecule has 1 heterocycles. The van der Waals surface area contributed by atoms with Crippen molar-refractivity contribution in [2.75, 3.05) is 13.7 Å². The summed E-state index contributed by atoms with van der Waals surface area (Å²) in [7, 11) is 1.51. The van der Waals surface area contributed by atoms with E-state index < -0.39 is 0 Å². The largest absolute Gasteiger partial charge is 0.504 e. The summed E-state index contributed by atoms with van der Waals surface area (Å²) in [6, 6.07) is 3.33. The molecule has 0 radical (unpaired) electrons. The lowest BCUT2D eigenvalue weighted by molar-refractivity contribution is 0.369. The van der Waals surface area contributed by atoms with Gasteiger partial charge in [0.2, 0.25) is 0 Å². The first-order chi connectivity index (χ1) is 9.60. The molecule has 108 valence electrons. The Morgan fingerprint density at radius 1 is 1.45 bits per heavy atom. The van der Waals surface area contributed by atoms with Gasteiger partial charge in [0.1, 0.15) is 0 Å². The van der Waals surface area contributed by atoms with Gasteiger partial charge in [-0.05, 0) is 13.0 Å². The lowest BCUT2D eigenvalue weighted by Crippen LogP contribution is -2.16. The number of rotatable bonds is 6. The monoisotopic (exact) mass is 312 g/mol. The number of aromatic nitrogens is 1. The molecule has 2 aromatic rings. The van der Waals surface area contributed by atoms with Crippen molar-refractivity contribution in [2.24, 2.45) is 0 Å². The third-order valence-corrected chi connectivity index (χ3v) is 4.08. The lowest BCUT2D eigenvalue weighted by Gasteiger charge is -2.10. The fourth-order valence-electron chi connectivity index (χ4n) is 1.85. The molecule has 0 aliphatic rings. The number of thiazole rings is 1. The average molecular weight is 313 g/mol. The van der Waals surface area contributed by atoms with Gasteiger partial charge in [0.15, 0.2) is 11.5 Å². The molecular weight excluding hydrogens is 296 g/mol. The zero-order valence-corrected chi connectivity index (χ0v) is 13.0. The van der Waals surface area contributed by atoms with Crippen LogP contribution in [0.4, 0.5) is 0 Å². The molecule has 0 atom stereocenters. The number of nitrogens with zero attached hydrogens (tertiary/aromatic N) is 1. The number of ether oxygens (including phenoxy) is 1. The first-order valence-corrected chi connectivity index (χ1v) is 7.53. The van der Waals surface area contributed by atoms with Crippen LogP contribution in [0.25, 0.3) is 0 Å². The molecule has 0 saturated heterocycles. The Bertz CT molecular complexity index is 587. The van der Waals surface area contributed by atoms with Crippen molar-refractivity contribution in [3.05, 3.63) is 38.8 Å². The minimum Gasteiger partial charge on any atom is -0.504 e. The predicted molar refractivity (Wildman–Crippen MR) is 81.9 cm³/mol. The van der Waals surface area contributed by atoms with E-state index in [1.807, 2.05) is 12.3 Å². The third kappa shape index (κ3) is 3.85. The number of aryl methyl sites for hydroxylation is 1. The summed E-state index contributed by atoms with van der Waals surface area (Å²) < 4.78 is 5.07. The van der Waals surface area contributed by atoms with Gasteiger partial charge < -0.3 is 15.2 Å². The molecule has 2 rings (SSSR count). The second-order valence-electron chi connectivity index (χ2n) is 4.43. The standard InChI is InChI=1S/C14H17ClN2O2S/c1-9-8-20-13(17-9)3-4-16-7-10-5-11(15)6-12(19-2)14(10)18/h5-6,8,16,18H,3-4,7H2,1-2H3. The van der Waals surface area contributed by atoms with Crippen LogP contribution in [-0.4, -0.2) is 23.7 Å². The van der Waals surface area contributed by atoms with Gasteiger partial charge in [-0.3, -0.25) is 0 Å². The summed E-state index contributed by atoms with van der Waals surface area (Å²) in [4.78, 5) is 4.40. The van der Waals surface area contributed by atoms with Crippen molar-refractivity contribution in [2.45, 2.75) is 19.9 Å². The Labute approximate surface area is 127 Å². The number of hydrogen-bond donors (Lipinski definition) is 2. The van der Waals surface area contributed by atoms with Gasteiger partial charge >= 0.3 is 0 Å². The molecule has 0 aliphatic carbocycles. The first-order valence-electron chi connectivity index (χ1n) is 6.27. The number of benzene rings is 1. The summed E-state index contributed by atoms with van der Waals surface area (Å²) in [5.74, 6) is 0.527. The minimum atomic E-state index is 0.134. The Kier molecular flexibility index (Phi) is 5.23. The summed E-state index contributed by atoms with van der Waals surface area (Å²) in [6.45, 7) is 3.32. The fourth-order valence-corrected chi connectivity index (χ4v) is 2.86. The Balaban J connectivity index is 1.89. The van der Waals surface area contributed by atoms with E-state index in [1.165, 1.54) is 7.11 Å². The van der Waals surface area contributed by atoms with Crippen LogP contribution in [0.15, 0.2) is 17.5 Å². The zero-order chi connectivity index (χ0) is 14.5. The van der Waals surface area contributed by atoms with E-state index >= 15 is 0 Å².